The summed E-state index contributed by atoms with van der Waals surface area (Å²) in [6, 6.07) is 13.1. The summed E-state index contributed by atoms with van der Waals surface area (Å²) in [5, 5.41) is 0. The van der Waals surface area contributed by atoms with Crippen LogP contribution in [0.25, 0.3) is 0 Å². The molecule has 6 heteroatoms. The van der Waals surface area contributed by atoms with Crippen molar-refractivity contribution in [2.75, 3.05) is 6.61 Å². The molecule has 0 unspecified atom stereocenters. The molecule has 0 aliphatic rings. The van der Waals surface area contributed by atoms with Gasteiger partial charge in [-0.05, 0) is 30.2 Å². The van der Waals surface area contributed by atoms with Gasteiger partial charge in [0, 0.05) is 21.6 Å². The Morgan fingerprint density at radius 1 is 1.19 bits per heavy atom. The van der Waals surface area contributed by atoms with Gasteiger partial charge in [0.2, 0.25) is 0 Å². The van der Waals surface area contributed by atoms with Gasteiger partial charge in [0.25, 0.3) is 9.05 Å². The van der Waals surface area contributed by atoms with Crippen LogP contribution >= 0.6 is 26.6 Å². The van der Waals surface area contributed by atoms with E-state index >= 15 is 0 Å². The van der Waals surface area contributed by atoms with Crippen molar-refractivity contribution >= 4 is 35.7 Å². The first-order valence-electron chi connectivity index (χ1n) is 6.29. The summed E-state index contributed by atoms with van der Waals surface area (Å²) in [7, 11) is 1.62. The number of rotatable bonds is 5. The summed E-state index contributed by atoms with van der Waals surface area (Å²) >= 11 is 3.27. The molecule has 0 atom stereocenters. The fourth-order valence-corrected chi connectivity index (χ4v) is 3.76. The Morgan fingerprint density at radius 2 is 1.86 bits per heavy atom. The van der Waals surface area contributed by atoms with Crippen LogP contribution in [-0.4, -0.2) is 15.0 Å². The third kappa shape index (κ3) is 4.46. The smallest absolute Gasteiger partial charge is 0.265 e. The Bertz CT molecular complexity index is 730. The highest BCUT2D eigenvalue weighted by atomic mass is 79.9. The number of benzene rings is 2. The largest absolute Gasteiger partial charge is 0.492 e. The minimum Gasteiger partial charge on any atom is -0.492 e. The number of hydrogen-bond donors (Lipinski definition) is 0. The zero-order valence-corrected chi connectivity index (χ0v) is 14.5. The molecule has 2 aromatic carbocycles. The Morgan fingerprint density at radius 3 is 2.48 bits per heavy atom. The molecule has 0 aliphatic heterocycles. The van der Waals surface area contributed by atoms with Crippen LogP contribution in [0.4, 0.5) is 0 Å². The highest BCUT2D eigenvalue weighted by Crippen LogP contribution is 2.33. The molecule has 21 heavy (non-hydrogen) atoms. The molecule has 0 aromatic heterocycles. The fraction of sp³-hybridized carbons (Fsp3) is 0.200. The fourth-order valence-electron chi connectivity index (χ4n) is 1.98. The minimum atomic E-state index is -3.86. The van der Waals surface area contributed by atoms with E-state index in [1.807, 2.05) is 30.3 Å². The zero-order chi connectivity index (χ0) is 15.5. The molecule has 2 aromatic rings. The Balaban J connectivity index is 2.20. The van der Waals surface area contributed by atoms with Crippen molar-refractivity contribution in [2.24, 2.45) is 0 Å². The first-order valence-corrected chi connectivity index (χ1v) is 9.39. The van der Waals surface area contributed by atoms with Crippen LogP contribution in [0.15, 0.2) is 51.8 Å². The summed E-state index contributed by atoms with van der Waals surface area (Å²) in [5.74, 6) is 0.309. The van der Waals surface area contributed by atoms with E-state index in [1.165, 1.54) is 6.07 Å². The summed E-state index contributed by atoms with van der Waals surface area (Å²) < 4.78 is 29.6. The number of halogens is 2. The maximum atomic E-state index is 11.7. The third-order valence-corrected chi connectivity index (χ3v) is 4.73. The Kier molecular flexibility index (Phi) is 5.30. The van der Waals surface area contributed by atoms with Crippen molar-refractivity contribution < 1.29 is 13.2 Å². The maximum absolute atomic E-state index is 11.7. The number of hydrogen-bond acceptors (Lipinski definition) is 3. The van der Waals surface area contributed by atoms with Crippen molar-refractivity contribution in [3.63, 3.8) is 0 Å². The zero-order valence-electron chi connectivity index (χ0n) is 11.3. The van der Waals surface area contributed by atoms with Crippen molar-refractivity contribution in [3.05, 3.63) is 58.1 Å². The normalized spacial score (nSPS) is 11.4. The molecule has 0 saturated heterocycles. The Labute approximate surface area is 137 Å². The van der Waals surface area contributed by atoms with Gasteiger partial charge in [-0.3, -0.25) is 0 Å². The van der Waals surface area contributed by atoms with E-state index in [9.17, 15) is 8.42 Å². The quantitative estimate of drug-likeness (QED) is 0.716. The summed E-state index contributed by atoms with van der Waals surface area (Å²) in [6.45, 7) is 2.17. The van der Waals surface area contributed by atoms with Crippen LogP contribution in [-0.2, 0) is 15.5 Å². The monoisotopic (exact) mass is 388 g/mol. The van der Waals surface area contributed by atoms with Gasteiger partial charge in [0.1, 0.15) is 10.6 Å². The molecule has 0 radical (unpaired) electrons. The van der Waals surface area contributed by atoms with Crippen LogP contribution in [0.1, 0.15) is 11.1 Å². The third-order valence-electron chi connectivity index (χ3n) is 2.95. The topological polar surface area (TPSA) is 43.4 Å². The number of ether oxygens (including phenoxy) is 1. The van der Waals surface area contributed by atoms with Gasteiger partial charge in [0.15, 0.2) is 0 Å². The van der Waals surface area contributed by atoms with Crippen LogP contribution in [0, 0.1) is 6.92 Å². The predicted molar refractivity (Wildman–Crippen MR) is 87.6 cm³/mol. The molecule has 112 valence electrons. The van der Waals surface area contributed by atoms with Gasteiger partial charge >= 0.3 is 0 Å². The van der Waals surface area contributed by atoms with E-state index in [2.05, 4.69) is 15.9 Å². The van der Waals surface area contributed by atoms with E-state index in [4.69, 9.17) is 15.4 Å². The van der Waals surface area contributed by atoms with Gasteiger partial charge < -0.3 is 4.74 Å². The first-order chi connectivity index (χ1) is 9.88. The van der Waals surface area contributed by atoms with Crippen molar-refractivity contribution in [1.82, 2.24) is 0 Å². The molecule has 0 heterocycles. The van der Waals surface area contributed by atoms with Crippen LogP contribution in [0.3, 0.4) is 0 Å². The molecular formula is C15H14BrClO3S. The van der Waals surface area contributed by atoms with Crippen LogP contribution < -0.4 is 4.74 Å². The predicted octanol–water partition coefficient (Wildman–Crippen LogP) is 4.31. The summed E-state index contributed by atoms with van der Waals surface area (Å²) in [6.07, 6.45) is 0.693. The van der Waals surface area contributed by atoms with Crippen LogP contribution in [0.5, 0.6) is 5.75 Å². The van der Waals surface area contributed by atoms with E-state index in [1.54, 1.807) is 13.0 Å². The molecule has 0 amide bonds. The lowest BCUT2D eigenvalue weighted by Crippen LogP contribution is -2.06. The molecule has 3 nitrogen and oxygen atoms in total. The van der Waals surface area contributed by atoms with E-state index in [0.717, 1.165) is 11.1 Å². The highest BCUT2D eigenvalue weighted by molar-refractivity contribution is 9.10. The lowest BCUT2D eigenvalue weighted by Gasteiger charge is -2.13. The van der Waals surface area contributed by atoms with Gasteiger partial charge in [-0.15, -0.1) is 0 Å². The number of aryl methyl sites for hydroxylation is 1. The second-order valence-electron chi connectivity index (χ2n) is 4.57. The maximum Gasteiger partial charge on any atom is 0.265 e. The van der Waals surface area contributed by atoms with E-state index in [-0.39, 0.29) is 4.90 Å². The van der Waals surface area contributed by atoms with Crippen molar-refractivity contribution in [1.29, 1.82) is 0 Å². The first kappa shape index (κ1) is 16.3. The lowest BCUT2D eigenvalue weighted by molar-refractivity contribution is 0.311. The molecule has 0 saturated carbocycles. The second kappa shape index (κ2) is 6.81. The van der Waals surface area contributed by atoms with Gasteiger partial charge in [-0.25, -0.2) is 8.42 Å². The standard InChI is InChI=1S/C15H14BrClO3S/c1-11-9-13(16)10-14(21(17,18)19)15(11)20-8-7-12-5-3-2-4-6-12/h2-6,9-10H,7-8H2,1H3. The SMILES string of the molecule is Cc1cc(Br)cc(S(=O)(=O)Cl)c1OCCc1ccccc1. The molecule has 0 N–H and O–H groups in total. The molecule has 0 fully saturated rings. The van der Waals surface area contributed by atoms with E-state index in [0.29, 0.717) is 23.2 Å². The molecule has 0 bridgehead atoms. The molecular weight excluding hydrogens is 376 g/mol. The van der Waals surface area contributed by atoms with Crippen molar-refractivity contribution in [3.8, 4) is 5.75 Å². The molecule has 0 spiro atoms. The second-order valence-corrected chi connectivity index (χ2v) is 8.02. The summed E-state index contributed by atoms with van der Waals surface area (Å²) in [4.78, 5) is -0.0101. The molecule has 2 rings (SSSR count). The van der Waals surface area contributed by atoms with Gasteiger partial charge in [0.05, 0.1) is 6.61 Å². The van der Waals surface area contributed by atoms with Gasteiger partial charge in [-0.1, -0.05) is 46.3 Å². The molecule has 0 aliphatic carbocycles. The van der Waals surface area contributed by atoms with Gasteiger partial charge in [-0.2, -0.15) is 0 Å². The Hall–Kier alpha value is -1.04. The minimum absolute atomic E-state index is 0.0101. The van der Waals surface area contributed by atoms with E-state index < -0.39 is 9.05 Å². The summed E-state index contributed by atoms with van der Waals surface area (Å²) in [5.41, 5.74) is 1.85. The van der Waals surface area contributed by atoms with Crippen molar-refractivity contribution in [2.45, 2.75) is 18.2 Å². The lowest BCUT2D eigenvalue weighted by atomic mass is 10.2. The van der Waals surface area contributed by atoms with Crippen LogP contribution in [0.2, 0.25) is 0 Å². The average molecular weight is 390 g/mol. The average Bonchev–Trinajstić information content (AvgIpc) is 2.41. The highest BCUT2D eigenvalue weighted by Gasteiger charge is 2.20.